The van der Waals surface area contributed by atoms with E-state index in [-0.39, 0.29) is 11.6 Å². The van der Waals surface area contributed by atoms with E-state index < -0.39 is 0 Å². The van der Waals surface area contributed by atoms with Crippen molar-refractivity contribution in [1.29, 1.82) is 0 Å². The number of aromatic nitrogens is 2. The van der Waals surface area contributed by atoms with Crippen LogP contribution < -0.4 is 5.32 Å². The monoisotopic (exact) mass is 223 g/mol. The van der Waals surface area contributed by atoms with Gasteiger partial charge in [-0.15, -0.1) is 0 Å². The average molecular weight is 224 g/mol. The summed E-state index contributed by atoms with van der Waals surface area (Å²) in [6, 6.07) is 4.64. The smallest absolute Gasteiger partial charge is 0.277 e. The van der Waals surface area contributed by atoms with Gasteiger partial charge in [0.05, 0.1) is 0 Å². The molecule has 15 heavy (non-hydrogen) atoms. The van der Waals surface area contributed by atoms with Gasteiger partial charge in [0.25, 0.3) is 5.91 Å². The first-order valence-corrected chi connectivity index (χ1v) is 4.47. The minimum absolute atomic E-state index is 0.211. The van der Waals surface area contributed by atoms with Gasteiger partial charge in [-0.25, -0.2) is 4.98 Å². The molecule has 0 saturated heterocycles. The Morgan fingerprint density at radius 1 is 1.47 bits per heavy atom. The zero-order valence-corrected chi connectivity index (χ0v) is 8.23. The number of halogens is 1. The van der Waals surface area contributed by atoms with E-state index in [1.807, 2.05) is 0 Å². The van der Waals surface area contributed by atoms with Crippen molar-refractivity contribution in [1.82, 2.24) is 10.1 Å². The molecule has 0 aliphatic heterocycles. The van der Waals surface area contributed by atoms with E-state index in [4.69, 9.17) is 11.6 Å². The maximum Gasteiger partial charge on any atom is 0.277 e. The number of anilines is 1. The van der Waals surface area contributed by atoms with E-state index >= 15 is 0 Å². The number of hydrogen-bond donors (Lipinski definition) is 1. The first-order chi connectivity index (χ1) is 7.25. The second-order valence-electron chi connectivity index (χ2n) is 2.71. The van der Waals surface area contributed by atoms with Crippen molar-refractivity contribution in [3.63, 3.8) is 0 Å². The van der Waals surface area contributed by atoms with Gasteiger partial charge in [-0.1, -0.05) is 16.8 Å². The van der Waals surface area contributed by atoms with Crippen LogP contribution in [0.25, 0.3) is 0 Å². The van der Waals surface area contributed by atoms with Crippen LogP contribution in [0, 0.1) is 0 Å². The molecule has 76 valence electrons. The lowest BCUT2D eigenvalue weighted by molar-refractivity contribution is 0.101. The normalized spacial score (nSPS) is 9.93. The summed E-state index contributed by atoms with van der Waals surface area (Å²) in [5, 5.41) is 6.41. The van der Waals surface area contributed by atoms with Gasteiger partial charge in [0.2, 0.25) is 0 Å². The molecule has 1 amide bonds. The first-order valence-electron chi connectivity index (χ1n) is 4.09. The summed E-state index contributed by atoms with van der Waals surface area (Å²) in [6.07, 6.45) is 2.83. The maximum atomic E-state index is 11.5. The number of hydrogen-bond acceptors (Lipinski definition) is 4. The Hall–Kier alpha value is -1.88. The molecule has 0 fully saturated rings. The number of carbonyl (C=O) groups excluding carboxylic acids is 1. The summed E-state index contributed by atoms with van der Waals surface area (Å²) in [5.74, 6) is -0.356. The molecule has 0 saturated carbocycles. The largest absolute Gasteiger partial charge is 0.364 e. The van der Waals surface area contributed by atoms with Gasteiger partial charge in [-0.3, -0.25) is 4.79 Å². The van der Waals surface area contributed by atoms with E-state index in [0.717, 1.165) is 0 Å². The molecule has 0 atom stereocenters. The molecule has 0 aliphatic carbocycles. The molecular formula is C9H6ClN3O2. The molecule has 0 radical (unpaired) electrons. The van der Waals surface area contributed by atoms with Gasteiger partial charge in [0, 0.05) is 18.0 Å². The fourth-order valence-electron chi connectivity index (χ4n) is 1.01. The van der Waals surface area contributed by atoms with Crippen LogP contribution >= 0.6 is 11.6 Å². The molecule has 0 spiro atoms. The lowest BCUT2D eigenvalue weighted by Gasteiger charge is -2.01. The van der Waals surface area contributed by atoms with Crippen molar-refractivity contribution >= 4 is 23.2 Å². The standard InChI is InChI=1S/C9H6ClN3O2/c10-8-5-6(1-3-11-8)12-9(14)7-2-4-15-13-7/h1-5H,(H,11,12,14). The van der Waals surface area contributed by atoms with Crippen molar-refractivity contribution < 1.29 is 9.32 Å². The van der Waals surface area contributed by atoms with E-state index in [1.54, 1.807) is 12.1 Å². The molecular weight excluding hydrogens is 218 g/mol. The van der Waals surface area contributed by atoms with Crippen LogP contribution in [-0.4, -0.2) is 16.0 Å². The summed E-state index contributed by atoms with van der Waals surface area (Å²) >= 11 is 5.66. The quantitative estimate of drug-likeness (QED) is 0.791. The van der Waals surface area contributed by atoms with Crippen LogP contribution in [0.5, 0.6) is 0 Å². The molecule has 2 aromatic rings. The minimum atomic E-state index is -0.356. The van der Waals surface area contributed by atoms with Crippen LogP contribution in [-0.2, 0) is 0 Å². The van der Waals surface area contributed by atoms with Crippen molar-refractivity contribution in [2.75, 3.05) is 5.32 Å². The lowest BCUT2D eigenvalue weighted by Crippen LogP contribution is -2.12. The van der Waals surface area contributed by atoms with Crippen LogP contribution in [0.1, 0.15) is 10.5 Å². The zero-order valence-electron chi connectivity index (χ0n) is 7.48. The third-order valence-corrected chi connectivity index (χ3v) is 1.86. The lowest BCUT2D eigenvalue weighted by atomic mass is 10.3. The highest BCUT2D eigenvalue weighted by Gasteiger charge is 2.08. The predicted molar refractivity (Wildman–Crippen MR) is 53.7 cm³/mol. The van der Waals surface area contributed by atoms with Crippen molar-refractivity contribution in [3.05, 3.63) is 41.5 Å². The van der Waals surface area contributed by atoms with Crippen molar-refractivity contribution in [3.8, 4) is 0 Å². The highest BCUT2D eigenvalue weighted by Crippen LogP contribution is 2.12. The van der Waals surface area contributed by atoms with Crippen LogP contribution in [0.4, 0.5) is 5.69 Å². The highest BCUT2D eigenvalue weighted by molar-refractivity contribution is 6.29. The Morgan fingerprint density at radius 3 is 3.00 bits per heavy atom. The summed E-state index contributed by atoms with van der Waals surface area (Å²) in [7, 11) is 0. The Morgan fingerprint density at radius 2 is 2.33 bits per heavy atom. The Labute approximate surface area is 90.1 Å². The third-order valence-electron chi connectivity index (χ3n) is 1.65. The summed E-state index contributed by atoms with van der Waals surface area (Å²) in [5.41, 5.74) is 0.769. The summed E-state index contributed by atoms with van der Waals surface area (Å²) in [6.45, 7) is 0. The highest BCUT2D eigenvalue weighted by atomic mass is 35.5. The van der Waals surface area contributed by atoms with Gasteiger partial charge >= 0.3 is 0 Å². The summed E-state index contributed by atoms with van der Waals surface area (Å²) in [4.78, 5) is 15.3. The van der Waals surface area contributed by atoms with Gasteiger partial charge in [-0.2, -0.15) is 0 Å². The molecule has 2 heterocycles. The number of nitrogens with zero attached hydrogens (tertiary/aromatic N) is 2. The average Bonchev–Trinajstić information content (AvgIpc) is 2.70. The molecule has 6 heteroatoms. The maximum absolute atomic E-state index is 11.5. The number of nitrogens with one attached hydrogen (secondary N) is 1. The minimum Gasteiger partial charge on any atom is -0.364 e. The Kier molecular flexibility index (Phi) is 2.64. The number of pyridine rings is 1. The van der Waals surface area contributed by atoms with E-state index in [9.17, 15) is 4.79 Å². The molecule has 0 aromatic carbocycles. The van der Waals surface area contributed by atoms with E-state index in [1.165, 1.54) is 18.5 Å². The SMILES string of the molecule is O=C(Nc1ccnc(Cl)c1)c1ccon1. The molecule has 5 nitrogen and oxygen atoms in total. The second-order valence-corrected chi connectivity index (χ2v) is 3.09. The van der Waals surface area contributed by atoms with Crippen LogP contribution in [0.2, 0.25) is 5.15 Å². The van der Waals surface area contributed by atoms with Crippen LogP contribution in [0.3, 0.4) is 0 Å². The van der Waals surface area contributed by atoms with Crippen molar-refractivity contribution in [2.45, 2.75) is 0 Å². The Balaban J connectivity index is 2.13. The van der Waals surface area contributed by atoms with Gasteiger partial charge in [0.15, 0.2) is 5.69 Å². The predicted octanol–water partition coefficient (Wildman–Crippen LogP) is 1.98. The van der Waals surface area contributed by atoms with Gasteiger partial charge < -0.3 is 9.84 Å². The fraction of sp³-hybridized carbons (Fsp3) is 0. The molecule has 2 rings (SSSR count). The molecule has 1 N–H and O–H groups in total. The van der Waals surface area contributed by atoms with E-state index in [0.29, 0.717) is 10.8 Å². The Bertz CT molecular complexity index is 470. The topological polar surface area (TPSA) is 68.0 Å². The number of rotatable bonds is 2. The summed E-state index contributed by atoms with van der Waals surface area (Å²) < 4.78 is 4.55. The van der Waals surface area contributed by atoms with Crippen molar-refractivity contribution in [2.24, 2.45) is 0 Å². The zero-order chi connectivity index (χ0) is 10.7. The fourth-order valence-corrected chi connectivity index (χ4v) is 1.18. The molecule has 0 bridgehead atoms. The first kappa shape index (κ1) is 9.67. The third kappa shape index (κ3) is 2.32. The number of amides is 1. The number of carbonyl (C=O) groups is 1. The second kappa shape index (κ2) is 4.10. The molecule has 0 unspecified atom stereocenters. The van der Waals surface area contributed by atoms with Crippen LogP contribution in [0.15, 0.2) is 35.2 Å². The van der Waals surface area contributed by atoms with E-state index in [2.05, 4.69) is 20.0 Å². The van der Waals surface area contributed by atoms with Gasteiger partial charge in [0.1, 0.15) is 11.4 Å². The molecule has 0 aliphatic rings. The van der Waals surface area contributed by atoms with Gasteiger partial charge in [-0.05, 0) is 12.1 Å². The molecule has 2 aromatic heterocycles.